The molecule has 1 atom stereocenters. The zero-order chi connectivity index (χ0) is 20.1. The van der Waals surface area contributed by atoms with Crippen molar-refractivity contribution >= 4 is 5.91 Å². The van der Waals surface area contributed by atoms with Gasteiger partial charge in [-0.3, -0.25) is 4.79 Å². The van der Waals surface area contributed by atoms with Gasteiger partial charge >= 0.3 is 0 Å². The minimum atomic E-state index is 0.0251. The van der Waals surface area contributed by atoms with E-state index in [9.17, 15) is 4.79 Å². The molecule has 1 aromatic heterocycles. The van der Waals surface area contributed by atoms with Gasteiger partial charge in [0.2, 0.25) is 0 Å². The first-order chi connectivity index (χ1) is 14.2. The Labute approximate surface area is 171 Å². The lowest BCUT2D eigenvalue weighted by Crippen LogP contribution is -2.37. The van der Waals surface area contributed by atoms with Gasteiger partial charge in [0.15, 0.2) is 0 Å². The highest BCUT2D eigenvalue weighted by molar-refractivity contribution is 5.94. The molecule has 1 amide bonds. The Hall–Kier alpha value is -2.51. The van der Waals surface area contributed by atoms with E-state index in [0.717, 1.165) is 42.2 Å². The van der Waals surface area contributed by atoms with Crippen LogP contribution >= 0.6 is 0 Å². The van der Waals surface area contributed by atoms with E-state index in [0.29, 0.717) is 31.9 Å². The fraction of sp³-hybridized carbons (Fsp3) is 0.500. The molecule has 1 N–H and O–H groups in total. The molecule has 2 aromatic rings. The van der Waals surface area contributed by atoms with E-state index in [1.165, 1.54) is 12.8 Å². The smallest absolute Gasteiger partial charge is 0.254 e. The lowest BCUT2D eigenvalue weighted by atomic mass is 10.0. The third-order valence-corrected chi connectivity index (χ3v) is 5.52. The number of carbonyl (C=O) groups is 1. The molecular formula is C22H28N4O3. The number of hydrogen-bond acceptors (Lipinski definition) is 6. The molecule has 0 aliphatic carbocycles. The molecule has 7 heteroatoms. The molecule has 2 aliphatic rings. The van der Waals surface area contributed by atoms with Gasteiger partial charge in [-0.1, -0.05) is 6.42 Å². The number of aromatic nitrogens is 2. The van der Waals surface area contributed by atoms with Gasteiger partial charge in [0, 0.05) is 43.9 Å². The van der Waals surface area contributed by atoms with Gasteiger partial charge in [-0.15, -0.1) is 0 Å². The predicted molar refractivity (Wildman–Crippen MR) is 109 cm³/mol. The minimum Gasteiger partial charge on any atom is -0.491 e. The normalized spacial score (nSPS) is 18.9. The SMILES string of the molecule is COCCOc1ccc(C(=O)N2CCc3nc([C@@H]4CCCCN4)ncc3C2)cc1. The van der Waals surface area contributed by atoms with E-state index in [1.807, 2.05) is 35.4 Å². The number of methoxy groups -OCH3 is 1. The van der Waals surface area contributed by atoms with Crippen LogP contribution < -0.4 is 10.1 Å². The fourth-order valence-electron chi connectivity index (χ4n) is 3.86. The second kappa shape index (κ2) is 9.33. The van der Waals surface area contributed by atoms with Crippen molar-refractivity contribution in [2.45, 2.75) is 38.3 Å². The summed E-state index contributed by atoms with van der Waals surface area (Å²) in [7, 11) is 1.64. The third kappa shape index (κ3) is 4.74. The maximum Gasteiger partial charge on any atom is 0.254 e. The van der Waals surface area contributed by atoms with Crippen LogP contribution in [0, 0.1) is 0 Å². The quantitative estimate of drug-likeness (QED) is 0.756. The largest absolute Gasteiger partial charge is 0.491 e. The molecule has 0 saturated carbocycles. The molecule has 0 radical (unpaired) electrons. The summed E-state index contributed by atoms with van der Waals surface area (Å²) in [5, 5.41) is 3.50. The highest BCUT2D eigenvalue weighted by Crippen LogP contribution is 2.24. The van der Waals surface area contributed by atoms with Crippen LogP contribution in [0.2, 0.25) is 0 Å². The second-order valence-corrected chi connectivity index (χ2v) is 7.54. The first-order valence-electron chi connectivity index (χ1n) is 10.3. The lowest BCUT2D eigenvalue weighted by Gasteiger charge is -2.29. The van der Waals surface area contributed by atoms with Gasteiger partial charge in [-0.2, -0.15) is 0 Å². The van der Waals surface area contributed by atoms with E-state index < -0.39 is 0 Å². The predicted octanol–water partition coefficient (Wildman–Crippen LogP) is 2.51. The van der Waals surface area contributed by atoms with Gasteiger partial charge in [0.05, 0.1) is 18.3 Å². The van der Waals surface area contributed by atoms with E-state index in [2.05, 4.69) is 10.3 Å². The van der Waals surface area contributed by atoms with E-state index in [1.54, 1.807) is 7.11 Å². The van der Waals surface area contributed by atoms with Gasteiger partial charge in [-0.25, -0.2) is 9.97 Å². The van der Waals surface area contributed by atoms with E-state index in [4.69, 9.17) is 14.5 Å². The molecule has 1 fully saturated rings. The number of hydrogen-bond donors (Lipinski definition) is 1. The van der Waals surface area contributed by atoms with Gasteiger partial charge in [0.25, 0.3) is 5.91 Å². The van der Waals surface area contributed by atoms with Gasteiger partial charge in [-0.05, 0) is 43.7 Å². The van der Waals surface area contributed by atoms with E-state index >= 15 is 0 Å². The number of benzene rings is 1. The van der Waals surface area contributed by atoms with Crippen molar-refractivity contribution in [3.05, 3.63) is 53.1 Å². The van der Waals surface area contributed by atoms with Crippen LogP contribution in [-0.4, -0.2) is 54.2 Å². The van der Waals surface area contributed by atoms with Crippen molar-refractivity contribution in [1.29, 1.82) is 0 Å². The average molecular weight is 396 g/mol. The number of nitrogens with zero attached hydrogens (tertiary/aromatic N) is 3. The van der Waals surface area contributed by atoms with Crippen LogP contribution in [-0.2, 0) is 17.7 Å². The van der Waals surface area contributed by atoms with Crippen molar-refractivity contribution in [2.24, 2.45) is 0 Å². The molecule has 0 bridgehead atoms. The van der Waals surface area contributed by atoms with Crippen molar-refractivity contribution in [1.82, 2.24) is 20.2 Å². The summed E-state index contributed by atoms with van der Waals surface area (Å²) in [4.78, 5) is 24.2. The molecule has 1 aromatic carbocycles. The molecular weight excluding hydrogens is 368 g/mol. The number of nitrogens with one attached hydrogen (secondary N) is 1. The summed E-state index contributed by atoms with van der Waals surface area (Å²) in [6.07, 6.45) is 6.20. The highest BCUT2D eigenvalue weighted by Gasteiger charge is 2.25. The molecule has 2 aliphatic heterocycles. The summed E-state index contributed by atoms with van der Waals surface area (Å²) >= 11 is 0. The molecule has 0 unspecified atom stereocenters. The summed E-state index contributed by atoms with van der Waals surface area (Å²) in [5.74, 6) is 1.66. The zero-order valence-electron chi connectivity index (χ0n) is 16.9. The molecule has 4 rings (SSSR count). The van der Waals surface area contributed by atoms with Crippen LogP contribution in [0.25, 0.3) is 0 Å². The van der Waals surface area contributed by atoms with Crippen LogP contribution in [0.15, 0.2) is 30.5 Å². The molecule has 7 nitrogen and oxygen atoms in total. The van der Waals surface area contributed by atoms with Crippen LogP contribution in [0.4, 0.5) is 0 Å². The minimum absolute atomic E-state index is 0.0251. The topological polar surface area (TPSA) is 76.6 Å². The molecule has 0 spiro atoms. The van der Waals surface area contributed by atoms with Crippen LogP contribution in [0.1, 0.15) is 52.7 Å². The highest BCUT2D eigenvalue weighted by atomic mass is 16.5. The first kappa shape index (κ1) is 19.8. The van der Waals surface area contributed by atoms with Gasteiger partial charge < -0.3 is 19.7 Å². The Kier molecular flexibility index (Phi) is 6.36. The maximum atomic E-state index is 12.9. The number of ether oxygens (including phenoxy) is 2. The zero-order valence-corrected chi connectivity index (χ0v) is 16.9. The average Bonchev–Trinajstić information content (AvgIpc) is 2.79. The molecule has 3 heterocycles. The Morgan fingerprint density at radius 1 is 1.24 bits per heavy atom. The maximum absolute atomic E-state index is 12.9. The second-order valence-electron chi connectivity index (χ2n) is 7.54. The molecule has 1 saturated heterocycles. The standard InChI is InChI=1S/C22H28N4O3/c1-28-12-13-29-18-7-5-16(6-8-18)22(27)26-11-9-19-17(15-26)14-24-21(25-19)20-4-2-3-10-23-20/h5-8,14,20,23H,2-4,9-13,15H2,1H3/t20-/m0/s1. The first-order valence-corrected chi connectivity index (χ1v) is 10.3. The van der Waals surface area contributed by atoms with Crippen LogP contribution in [0.3, 0.4) is 0 Å². The number of carbonyl (C=O) groups excluding carboxylic acids is 1. The lowest BCUT2D eigenvalue weighted by molar-refractivity contribution is 0.0733. The Balaban J connectivity index is 1.39. The summed E-state index contributed by atoms with van der Waals surface area (Å²) in [6, 6.07) is 7.54. The van der Waals surface area contributed by atoms with Crippen molar-refractivity contribution in [3.63, 3.8) is 0 Å². The molecule has 29 heavy (non-hydrogen) atoms. The van der Waals surface area contributed by atoms with Crippen LogP contribution in [0.5, 0.6) is 5.75 Å². The number of piperidine rings is 1. The Morgan fingerprint density at radius 3 is 2.86 bits per heavy atom. The fourth-order valence-corrected chi connectivity index (χ4v) is 3.86. The summed E-state index contributed by atoms with van der Waals surface area (Å²) < 4.78 is 10.5. The monoisotopic (exact) mass is 396 g/mol. The molecule has 154 valence electrons. The van der Waals surface area contributed by atoms with Crippen molar-refractivity contribution in [3.8, 4) is 5.75 Å². The summed E-state index contributed by atoms with van der Waals surface area (Å²) in [6.45, 7) is 3.29. The van der Waals surface area contributed by atoms with Crippen molar-refractivity contribution in [2.75, 3.05) is 33.4 Å². The third-order valence-electron chi connectivity index (χ3n) is 5.52. The Bertz CT molecular complexity index is 834. The summed E-state index contributed by atoms with van der Waals surface area (Å²) in [5.41, 5.74) is 2.79. The number of amides is 1. The Morgan fingerprint density at radius 2 is 2.10 bits per heavy atom. The number of rotatable bonds is 6. The number of fused-ring (bicyclic) bond motifs is 1. The van der Waals surface area contributed by atoms with E-state index in [-0.39, 0.29) is 11.9 Å². The van der Waals surface area contributed by atoms with Gasteiger partial charge in [0.1, 0.15) is 18.2 Å². The van der Waals surface area contributed by atoms with Crippen molar-refractivity contribution < 1.29 is 14.3 Å².